The number of esters is 2. The predicted molar refractivity (Wildman–Crippen MR) is 116 cm³/mol. The number of aryl methyl sites for hydroxylation is 2. The van der Waals surface area contributed by atoms with Crippen molar-refractivity contribution in [2.75, 3.05) is 6.61 Å². The molecular weight excluding hydrogens is 452 g/mol. The van der Waals surface area contributed by atoms with E-state index in [1.165, 1.54) is 30.1 Å². The molecule has 2 aromatic heterocycles. The molecule has 0 unspecified atom stereocenters. The van der Waals surface area contributed by atoms with Crippen LogP contribution in [0.5, 0.6) is 0 Å². The first-order valence-electron chi connectivity index (χ1n) is 9.85. The number of cyclic esters (lactones) is 1. The van der Waals surface area contributed by atoms with Gasteiger partial charge in [-0.1, -0.05) is 18.2 Å². The van der Waals surface area contributed by atoms with Crippen molar-refractivity contribution >= 4 is 23.1 Å². The highest BCUT2D eigenvalue weighted by Crippen LogP contribution is 2.25. The summed E-state index contributed by atoms with van der Waals surface area (Å²) in [5.41, 5.74) is 0.379. The third kappa shape index (κ3) is 4.46. The topological polar surface area (TPSA) is 175 Å². The highest BCUT2D eigenvalue weighted by atomic mass is 16.6. The number of fused-ring (bicyclic) bond motifs is 1. The number of aliphatic hydroxyl groups excluding tert-OH is 3. The molecule has 4 rings (SSSR count). The van der Waals surface area contributed by atoms with E-state index in [-0.39, 0.29) is 16.8 Å². The Morgan fingerprint density at radius 2 is 1.79 bits per heavy atom. The minimum Gasteiger partial charge on any atom is -0.499 e. The Balaban J connectivity index is 0.000000202. The van der Waals surface area contributed by atoms with Crippen LogP contribution in [0.2, 0.25) is 0 Å². The van der Waals surface area contributed by atoms with Gasteiger partial charge in [0.25, 0.3) is 5.56 Å². The molecule has 0 aliphatic carbocycles. The summed E-state index contributed by atoms with van der Waals surface area (Å²) in [6.07, 6.45) is -1.40. The highest BCUT2D eigenvalue weighted by molar-refractivity contribution is 5.93. The molecule has 0 bridgehead atoms. The second-order valence-electron chi connectivity index (χ2n) is 7.28. The van der Waals surface area contributed by atoms with Crippen LogP contribution in [-0.4, -0.2) is 64.8 Å². The van der Waals surface area contributed by atoms with E-state index in [1.54, 1.807) is 36.9 Å². The number of ether oxygens (including phenoxy) is 2. The number of hydrogen-bond acceptors (Lipinski definition) is 10. The van der Waals surface area contributed by atoms with Crippen molar-refractivity contribution in [3.05, 3.63) is 74.6 Å². The predicted octanol–water partition coefficient (Wildman–Crippen LogP) is -1.14. The van der Waals surface area contributed by atoms with E-state index in [9.17, 15) is 29.4 Å². The normalized spacial score (nSPS) is 16.1. The van der Waals surface area contributed by atoms with E-state index in [2.05, 4.69) is 9.72 Å². The molecule has 0 spiro atoms. The van der Waals surface area contributed by atoms with Crippen LogP contribution in [0.4, 0.5) is 0 Å². The monoisotopic (exact) mass is 474 g/mol. The second-order valence-corrected chi connectivity index (χ2v) is 7.28. The number of hydrogen-bond donors (Lipinski definition) is 3. The maximum absolute atomic E-state index is 11.8. The molecule has 1 aliphatic rings. The van der Waals surface area contributed by atoms with Crippen molar-refractivity contribution < 1.29 is 34.4 Å². The van der Waals surface area contributed by atoms with Gasteiger partial charge in [-0.3, -0.25) is 13.9 Å². The van der Waals surface area contributed by atoms with Crippen molar-refractivity contribution in [3.8, 4) is 0 Å². The Morgan fingerprint density at radius 3 is 2.41 bits per heavy atom. The van der Waals surface area contributed by atoms with Crippen LogP contribution in [0.1, 0.15) is 10.4 Å². The summed E-state index contributed by atoms with van der Waals surface area (Å²) in [6.45, 7) is -0.725. The summed E-state index contributed by atoms with van der Waals surface area (Å²) < 4.78 is 13.6. The number of nitrogens with zero attached hydrogens (tertiary/aromatic N) is 4. The smallest absolute Gasteiger partial charge is 0.378 e. The van der Waals surface area contributed by atoms with Crippen LogP contribution >= 0.6 is 0 Å². The lowest BCUT2D eigenvalue weighted by Crippen LogP contribution is -2.37. The summed E-state index contributed by atoms with van der Waals surface area (Å²) in [7, 11) is 4.77. The zero-order chi connectivity index (χ0) is 25.2. The van der Waals surface area contributed by atoms with E-state index in [0.29, 0.717) is 11.2 Å². The summed E-state index contributed by atoms with van der Waals surface area (Å²) in [4.78, 5) is 50.2. The standard InChI is InChI=1S/C13H12O7.C8H10N4O2/c14-6-8(15)10-11(9(16)13(18)19-10)20-12(17)7-4-2-1-3-5-7;1-10-4-9-6-5(10)7(13)12(3)8(14)11(6)2/h1-5,8,10,14-16H,6H2;4H,1-3H3/t8-,10+;/m0./s1. The molecule has 34 heavy (non-hydrogen) atoms. The Hall–Kier alpha value is -4.23. The van der Waals surface area contributed by atoms with Gasteiger partial charge < -0.3 is 29.4 Å². The molecule has 180 valence electrons. The molecule has 3 heterocycles. The highest BCUT2D eigenvalue weighted by Gasteiger charge is 2.41. The SMILES string of the molecule is Cn1c(=O)c2c(ncn2C)n(C)c1=O.O=C1O[C@H]([C@@H](O)CO)C(OC(=O)c2ccccc2)=C1O. The first-order chi connectivity index (χ1) is 16.1. The lowest BCUT2D eigenvalue weighted by atomic mass is 10.2. The third-order valence-electron chi connectivity index (χ3n) is 4.98. The van der Waals surface area contributed by atoms with Gasteiger partial charge >= 0.3 is 17.6 Å². The van der Waals surface area contributed by atoms with Gasteiger partial charge in [0.2, 0.25) is 11.5 Å². The van der Waals surface area contributed by atoms with Gasteiger partial charge in [0.05, 0.1) is 18.5 Å². The molecule has 0 radical (unpaired) electrons. The molecule has 13 heteroatoms. The first-order valence-corrected chi connectivity index (χ1v) is 9.85. The van der Waals surface area contributed by atoms with Crippen LogP contribution in [0, 0.1) is 0 Å². The molecule has 13 nitrogen and oxygen atoms in total. The Labute approximate surface area is 191 Å². The average molecular weight is 474 g/mol. The number of carbonyl (C=O) groups is 2. The number of carbonyl (C=O) groups excluding carboxylic acids is 2. The minimum absolute atomic E-state index is 0.199. The summed E-state index contributed by atoms with van der Waals surface area (Å²) >= 11 is 0. The maximum Gasteiger partial charge on any atom is 0.378 e. The Morgan fingerprint density at radius 1 is 1.15 bits per heavy atom. The summed E-state index contributed by atoms with van der Waals surface area (Å²) in [6, 6.07) is 7.89. The fourth-order valence-corrected chi connectivity index (χ4v) is 3.12. The van der Waals surface area contributed by atoms with Crippen molar-refractivity contribution in [2.45, 2.75) is 12.2 Å². The molecule has 3 N–H and O–H groups in total. The quantitative estimate of drug-likeness (QED) is 0.392. The number of imidazole rings is 1. The average Bonchev–Trinajstić information content (AvgIpc) is 3.36. The van der Waals surface area contributed by atoms with Gasteiger partial charge in [-0.05, 0) is 12.1 Å². The van der Waals surface area contributed by atoms with Gasteiger partial charge in [-0.2, -0.15) is 0 Å². The van der Waals surface area contributed by atoms with Gasteiger partial charge in [-0.15, -0.1) is 0 Å². The number of aliphatic hydroxyl groups is 3. The third-order valence-corrected chi connectivity index (χ3v) is 4.98. The number of rotatable bonds is 4. The van der Waals surface area contributed by atoms with E-state index < -0.39 is 42.3 Å². The van der Waals surface area contributed by atoms with E-state index in [4.69, 9.17) is 9.84 Å². The number of aromatic nitrogens is 4. The number of benzene rings is 1. The van der Waals surface area contributed by atoms with Gasteiger partial charge in [-0.25, -0.2) is 19.4 Å². The second kappa shape index (κ2) is 9.72. The van der Waals surface area contributed by atoms with Crippen LogP contribution < -0.4 is 11.2 Å². The Bertz CT molecular complexity index is 1380. The zero-order valence-electron chi connectivity index (χ0n) is 18.4. The molecule has 1 aliphatic heterocycles. The van der Waals surface area contributed by atoms with E-state index >= 15 is 0 Å². The molecule has 1 aromatic carbocycles. The lowest BCUT2D eigenvalue weighted by Gasteiger charge is -2.17. The minimum atomic E-state index is -1.50. The molecule has 0 fully saturated rings. The van der Waals surface area contributed by atoms with E-state index in [0.717, 1.165) is 4.57 Å². The fourth-order valence-electron chi connectivity index (χ4n) is 3.12. The van der Waals surface area contributed by atoms with Crippen molar-refractivity contribution in [3.63, 3.8) is 0 Å². The van der Waals surface area contributed by atoms with Crippen LogP contribution in [0.15, 0.2) is 57.8 Å². The van der Waals surface area contributed by atoms with Gasteiger partial charge in [0, 0.05) is 21.1 Å². The molecular formula is C21H22N4O9. The van der Waals surface area contributed by atoms with Crippen LogP contribution in [0.3, 0.4) is 0 Å². The molecule has 2 atom stereocenters. The molecule has 3 aromatic rings. The van der Waals surface area contributed by atoms with Crippen LogP contribution in [-0.2, 0) is 35.4 Å². The first kappa shape index (κ1) is 24.4. The Kier molecular flexibility index (Phi) is 6.98. The molecule has 0 saturated carbocycles. The van der Waals surface area contributed by atoms with Crippen molar-refractivity contribution in [1.82, 2.24) is 18.7 Å². The largest absolute Gasteiger partial charge is 0.499 e. The lowest BCUT2D eigenvalue weighted by molar-refractivity contribution is -0.147. The summed E-state index contributed by atoms with van der Waals surface area (Å²) in [5.74, 6) is -3.35. The van der Waals surface area contributed by atoms with Crippen molar-refractivity contribution in [2.24, 2.45) is 21.1 Å². The maximum atomic E-state index is 11.8. The molecule has 0 amide bonds. The molecule has 0 saturated heterocycles. The van der Waals surface area contributed by atoms with Crippen LogP contribution in [0.25, 0.3) is 11.2 Å². The summed E-state index contributed by atoms with van der Waals surface area (Å²) in [5, 5.41) is 27.8. The van der Waals surface area contributed by atoms with Gasteiger partial charge in [0.15, 0.2) is 17.3 Å². The zero-order valence-corrected chi connectivity index (χ0v) is 18.4. The van der Waals surface area contributed by atoms with E-state index in [1.807, 2.05) is 0 Å². The van der Waals surface area contributed by atoms with Crippen molar-refractivity contribution in [1.29, 1.82) is 0 Å². The fraction of sp³-hybridized carbons (Fsp3) is 0.286. The van der Waals surface area contributed by atoms with Gasteiger partial charge in [0.1, 0.15) is 6.10 Å².